The fourth-order valence-electron chi connectivity index (χ4n) is 2.04. The van der Waals surface area contributed by atoms with Gasteiger partial charge in [0, 0.05) is 21.8 Å². The van der Waals surface area contributed by atoms with Crippen molar-refractivity contribution in [3.63, 3.8) is 0 Å². The lowest BCUT2D eigenvalue weighted by Gasteiger charge is -2.19. The number of thioether (sulfide) groups is 2. The Balaban J connectivity index is 2.49. The van der Waals surface area contributed by atoms with Gasteiger partial charge in [0.25, 0.3) is 11.8 Å². The van der Waals surface area contributed by atoms with Gasteiger partial charge in [0.05, 0.1) is 0 Å². The van der Waals surface area contributed by atoms with Gasteiger partial charge in [-0.1, -0.05) is 33.8 Å². The van der Waals surface area contributed by atoms with Gasteiger partial charge < -0.3 is 10.8 Å². The minimum Gasteiger partial charge on any atom is -0.382 e. The molecule has 1 unspecified atom stereocenters. The number of hydrogen-bond donors (Lipinski definition) is 4. The lowest BCUT2D eigenvalue weighted by molar-refractivity contribution is -0.131. The first kappa shape index (κ1) is 22.8. The summed E-state index contributed by atoms with van der Waals surface area (Å²) in [4.78, 5) is 25.1. The number of carbonyl (C=O) groups is 2. The van der Waals surface area contributed by atoms with E-state index in [1.54, 1.807) is 41.7 Å². The van der Waals surface area contributed by atoms with Gasteiger partial charge in [0.1, 0.15) is 6.10 Å². The number of nitrogens with two attached hydrogens (primary N) is 1. The molecule has 0 saturated carbocycles. The number of hydrogen-bond acceptors (Lipinski definition) is 6. The normalized spacial score (nSPS) is 13.5. The molecule has 0 aliphatic rings. The molecule has 5 N–H and O–H groups in total. The van der Waals surface area contributed by atoms with Crippen molar-refractivity contribution in [1.29, 1.82) is 0 Å². The van der Waals surface area contributed by atoms with Crippen LogP contribution in [0.2, 0.25) is 0 Å². The summed E-state index contributed by atoms with van der Waals surface area (Å²) in [5.74, 6) is -0.399. The van der Waals surface area contributed by atoms with E-state index in [4.69, 9.17) is 5.73 Å². The molecule has 0 spiro atoms. The van der Waals surface area contributed by atoms with Crippen LogP contribution in [-0.2, 0) is 4.79 Å². The summed E-state index contributed by atoms with van der Waals surface area (Å²) < 4.78 is 0. The Labute approximate surface area is 164 Å². The minimum absolute atomic E-state index is 0.401. The molecule has 0 aliphatic carbocycles. The molecule has 146 valence electrons. The number of benzene rings is 1. The first-order chi connectivity index (χ1) is 12.2. The Kier molecular flexibility index (Phi) is 10.1. The van der Waals surface area contributed by atoms with Gasteiger partial charge in [-0.15, -0.1) is 11.8 Å². The van der Waals surface area contributed by atoms with Gasteiger partial charge in [-0.05, 0) is 35.6 Å². The van der Waals surface area contributed by atoms with Crippen LogP contribution >= 0.6 is 23.5 Å². The number of amides is 2. The van der Waals surface area contributed by atoms with Crippen molar-refractivity contribution in [2.45, 2.75) is 61.7 Å². The fraction of sp³-hybridized carbons (Fsp3) is 0.556. The fourth-order valence-corrected chi connectivity index (χ4v) is 3.82. The summed E-state index contributed by atoms with van der Waals surface area (Å²) in [6.07, 6.45) is -0.856. The molecular formula is C18H29N3O3S2. The second-order valence-corrected chi connectivity index (χ2v) is 9.79. The van der Waals surface area contributed by atoms with Crippen LogP contribution in [-0.4, -0.2) is 45.3 Å². The zero-order valence-corrected chi connectivity index (χ0v) is 17.3. The van der Waals surface area contributed by atoms with Crippen molar-refractivity contribution >= 4 is 35.3 Å². The van der Waals surface area contributed by atoms with Gasteiger partial charge in [0.2, 0.25) is 0 Å². The average molecular weight is 400 g/mol. The van der Waals surface area contributed by atoms with E-state index in [9.17, 15) is 14.7 Å². The number of nitrogens with one attached hydrogen (secondary N) is 2. The highest BCUT2D eigenvalue weighted by molar-refractivity contribution is 8.00. The first-order valence-electron chi connectivity index (χ1n) is 8.63. The van der Waals surface area contributed by atoms with Crippen LogP contribution in [0.5, 0.6) is 0 Å². The molecule has 2 amide bonds. The smallest absolute Gasteiger partial charge is 0.269 e. The van der Waals surface area contributed by atoms with E-state index in [1.807, 2.05) is 6.07 Å². The maximum Gasteiger partial charge on any atom is 0.269 e. The monoisotopic (exact) mass is 399 g/mol. The standard InChI is InChI=1S/C18H29N3O3S2/c1-11(2)25-9-8-15(19)16(22)18(24)21-20-17(23)13-6-5-7-14(10-13)26-12(3)4/h5-7,10-12,15-16,22H,8-9,19H2,1-4H3,(H,20,23)(H,21,24)/t15-,16?/m1/s1. The SMILES string of the molecule is CC(C)SCC[C@@H](N)C(O)C(=O)NNC(=O)c1cccc(SC(C)C)c1. The summed E-state index contributed by atoms with van der Waals surface area (Å²) in [5, 5.41) is 10.8. The van der Waals surface area contributed by atoms with E-state index >= 15 is 0 Å². The summed E-state index contributed by atoms with van der Waals surface area (Å²) in [6, 6.07) is 6.47. The van der Waals surface area contributed by atoms with E-state index in [0.717, 1.165) is 10.6 Å². The van der Waals surface area contributed by atoms with Crippen LogP contribution < -0.4 is 16.6 Å². The molecule has 0 aromatic heterocycles. The molecule has 1 aromatic carbocycles. The molecule has 1 rings (SSSR count). The molecule has 0 aliphatic heterocycles. The quantitative estimate of drug-likeness (QED) is 0.375. The number of carbonyl (C=O) groups excluding carboxylic acids is 2. The highest BCUT2D eigenvalue weighted by Gasteiger charge is 2.23. The highest BCUT2D eigenvalue weighted by atomic mass is 32.2. The molecular weight excluding hydrogens is 370 g/mol. The highest BCUT2D eigenvalue weighted by Crippen LogP contribution is 2.23. The minimum atomic E-state index is -1.37. The van der Waals surface area contributed by atoms with Gasteiger partial charge >= 0.3 is 0 Å². The number of rotatable bonds is 9. The number of aliphatic hydroxyl groups excluding tert-OH is 1. The summed E-state index contributed by atoms with van der Waals surface area (Å²) in [7, 11) is 0. The van der Waals surface area contributed by atoms with Crippen LogP contribution in [0.4, 0.5) is 0 Å². The van der Waals surface area contributed by atoms with E-state index in [0.29, 0.717) is 22.5 Å². The average Bonchev–Trinajstić information content (AvgIpc) is 2.57. The second-order valence-electron chi connectivity index (χ2n) is 6.45. The Hall–Kier alpha value is -1.22. The van der Waals surface area contributed by atoms with Crippen molar-refractivity contribution in [2.75, 3.05) is 5.75 Å². The van der Waals surface area contributed by atoms with Gasteiger partial charge in [-0.25, -0.2) is 0 Å². The zero-order chi connectivity index (χ0) is 19.7. The molecule has 1 aromatic rings. The van der Waals surface area contributed by atoms with E-state index in [2.05, 4.69) is 38.5 Å². The van der Waals surface area contributed by atoms with Gasteiger partial charge in [0.15, 0.2) is 0 Å². The summed E-state index contributed by atoms with van der Waals surface area (Å²) in [6.45, 7) is 8.29. The van der Waals surface area contributed by atoms with E-state index < -0.39 is 24.0 Å². The van der Waals surface area contributed by atoms with Crippen molar-refractivity contribution in [3.8, 4) is 0 Å². The van der Waals surface area contributed by atoms with E-state index in [1.165, 1.54) is 0 Å². The summed E-state index contributed by atoms with van der Waals surface area (Å²) >= 11 is 3.36. The Morgan fingerprint density at radius 2 is 1.85 bits per heavy atom. The van der Waals surface area contributed by atoms with Crippen LogP contribution in [0.25, 0.3) is 0 Å². The lowest BCUT2D eigenvalue weighted by atomic mass is 10.1. The van der Waals surface area contributed by atoms with Crippen LogP contribution in [0, 0.1) is 0 Å². The predicted molar refractivity (Wildman–Crippen MR) is 109 cm³/mol. The zero-order valence-electron chi connectivity index (χ0n) is 15.7. The molecule has 8 heteroatoms. The molecule has 0 heterocycles. The molecule has 0 saturated heterocycles. The molecule has 6 nitrogen and oxygen atoms in total. The van der Waals surface area contributed by atoms with Crippen LogP contribution in [0.1, 0.15) is 44.5 Å². The van der Waals surface area contributed by atoms with Crippen molar-refractivity contribution < 1.29 is 14.7 Å². The predicted octanol–water partition coefficient (Wildman–Crippen LogP) is 2.17. The summed E-state index contributed by atoms with van der Waals surface area (Å²) in [5.41, 5.74) is 10.8. The topological polar surface area (TPSA) is 104 Å². The Morgan fingerprint density at radius 3 is 2.46 bits per heavy atom. The largest absolute Gasteiger partial charge is 0.382 e. The molecule has 0 fully saturated rings. The molecule has 0 bridgehead atoms. The lowest BCUT2D eigenvalue weighted by Crippen LogP contribution is -2.52. The number of hydrazine groups is 1. The van der Waals surface area contributed by atoms with Crippen molar-refractivity contribution in [2.24, 2.45) is 5.73 Å². The third-order valence-electron chi connectivity index (χ3n) is 3.34. The maximum atomic E-state index is 12.2. The molecule has 26 heavy (non-hydrogen) atoms. The third-order valence-corrected chi connectivity index (χ3v) is 5.48. The molecule has 0 radical (unpaired) electrons. The van der Waals surface area contributed by atoms with Crippen molar-refractivity contribution in [3.05, 3.63) is 29.8 Å². The van der Waals surface area contributed by atoms with Crippen LogP contribution in [0.15, 0.2) is 29.2 Å². The first-order valence-corrected chi connectivity index (χ1v) is 10.6. The maximum absolute atomic E-state index is 12.2. The Bertz CT molecular complexity index is 597. The number of aliphatic hydroxyl groups is 1. The van der Waals surface area contributed by atoms with E-state index in [-0.39, 0.29) is 0 Å². The second kappa shape index (κ2) is 11.5. The van der Waals surface area contributed by atoms with Gasteiger partial charge in [-0.2, -0.15) is 11.8 Å². The molecule has 2 atom stereocenters. The van der Waals surface area contributed by atoms with Gasteiger partial charge in [-0.3, -0.25) is 20.4 Å². The third kappa shape index (κ3) is 8.44. The van der Waals surface area contributed by atoms with Crippen LogP contribution in [0.3, 0.4) is 0 Å². The van der Waals surface area contributed by atoms with Crippen molar-refractivity contribution in [1.82, 2.24) is 10.9 Å². The Morgan fingerprint density at radius 1 is 1.15 bits per heavy atom.